The van der Waals surface area contributed by atoms with Crippen LogP contribution in [0, 0.1) is 11.3 Å². The first-order chi connectivity index (χ1) is 7.31. The Morgan fingerprint density at radius 3 is 2.60 bits per heavy atom. The highest BCUT2D eigenvalue weighted by Gasteiger charge is 2.11. The lowest BCUT2D eigenvalue weighted by Gasteiger charge is -2.07. The van der Waals surface area contributed by atoms with Crippen LogP contribution in [-0.2, 0) is 0 Å². The summed E-state index contributed by atoms with van der Waals surface area (Å²) in [5, 5.41) is 12.3. The molecule has 2 rings (SSSR count). The van der Waals surface area contributed by atoms with E-state index in [1.165, 1.54) is 12.7 Å². The Kier molecular flexibility index (Phi) is 2.42. The van der Waals surface area contributed by atoms with Gasteiger partial charge in [-0.2, -0.15) is 10.4 Å². The lowest BCUT2D eigenvalue weighted by atomic mass is 10.1. The van der Waals surface area contributed by atoms with Crippen molar-refractivity contribution in [2.24, 2.45) is 0 Å². The van der Waals surface area contributed by atoms with E-state index in [4.69, 9.17) is 5.26 Å². The highest BCUT2D eigenvalue weighted by molar-refractivity contribution is 5.32. The van der Waals surface area contributed by atoms with Gasteiger partial charge in [-0.15, -0.1) is 0 Å². The quantitative estimate of drug-likeness (QED) is 0.744. The third kappa shape index (κ3) is 1.83. The van der Waals surface area contributed by atoms with E-state index in [-0.39, 0.29) is 0 Å². The van der Waals surface area contributed by atoms with Gasteiger partial charge in [0.05, 0.1) is 11.6 Å². The molecular formula is C10H7FN4. The number of halogens is 1. The summed E-state index contributed by atoms with van der Waals surface area (Å²) in [6.07, 6.45) is 1.22. The Labute approximate surface area is 85.6 Å². The van der Waals surface area contributed by atoms with E-state index in [0.717, 1.165) is 4.68 Å². The topological polar surface area (TPSA) is 54.5 Å². The van der Waals surface area contributed by atoms with Crippen LogP contribution in [0.3, 0.4) is 0 Å². The van der Waals surface area contributed by atoms with Crippen LogP contribution in [0.1, 0.15) is 17.4 Å². The molecule has 15 heavy (non-hydrogen) atoms. The van der Waals surface area contributed by atoms with Crippen LogP contribution in [-0.4, -0.2) is 14.8 Å². The first-order valence-corrected chi connectivity index (χ1v) is 4.29. The van der Waals surface area contributed by atoms with E-state index < -0.39 is 6.30 Å². The molecule has 1 unspecified atom stereocenters. The normalized spacial score (nSPS) is 12.0. The number of benzene rings is 1. The van der Waals surface area contributed by atoms with E-state index in [0.29, 0.717) is 11.1 Å². The van der Waals surface area contributed by atoms with Crippen LogP contribution >= 0.6 is 0 Å². The van der Waals surface area contributed by atoms with Crippen LogP contribution in [0.15, 0.2) is 36.9 Å². The zero-order valence-electron chi connectivity index (χ0n) is 7.71. The second-order valence-corrected chi connectivity index (χ2v) is 2.95. The molecule has 0 aliphatic heterocycles. The summed E-state index contributed by atoms with van der Waals surface area (Å²) in [5.74, 6) is 0. The van der Waals surface area contributed by atoms with Gasteiger partial charge in [0.15, 0.2) is 0 Å². The lowest BCUT2D eigenvalue weighted by molar-refractivity contribution is 0.270. The Balaban J connectivity index is 2.27. The summed E-state index contributed by atoms with van der Waals surface area (Å²) in [6.45, 7) is 0. The Hall–Kier alpha value is -2.22. The van der Waals surface area contributed by atoms with Gasteiger partial charge in [-0.25, -0.2) is 14.1 Å². The summed E-state index contributed by atoms with van der Waals surface area (Å²) >= 11 is 0. The number of hydrogen-bond donors (Lipinski definition) is 0. The molecule has 0 N–H and O–H groups in total. The van der Waals surface area contributed by atoms with Gasteiger partial charge in [-0.1, -0.05) is 12.1 Å². The number of nitriles is 1. The first-order valence-electron chi connectivity index (χ1n) is 4.29. The minimum atomic E-state index is -1.36. The smallest absolute Gasteiger partial charge is 0.218 e. The van der Waals surface area contributed by atoms with Gasteiger partial charge in [0.1, 0.15) is 12.7 Å². The van der Waals surface area contributed by atoms with Gasteiger partial charge in [0, 0.05) is 5.56 Å². The zero-order valence-corrected chi connectivity index (χ0v) is 7.71. The van der Waals surface area contributed by atoms with Crippen LogP contribution in [0.4, 0.5) is 4.39 Å². The van der Waals surface area contributed by atoms with Crippen LogP contribution in [0.2, 0.25) is 0 Å². The number of alkyl halides is 1. The molecule has 0 aliphatic rings. The van der Waals surface area contributed by atoms with Gasteiger partial charge in [-0.3, -0.25) is 0 Å². The van der Waals surface area contributed by atoms with Crippen molar-refractivity contribution in [1.29, 1.82) is 5.26 Å². The summed E-state index contributed by atoms with van der Waals surface area (Å²) in [7, 11) is 0. The molecule has 1 atom stereocenters. The number of nitrogens with zero attached hydrogens (tertiary/aromatic N) is 4. The number of rotatable bonds is 2. The van der Waals surface area contributed by atoms with Gasteiger partial charge in [0.2, 0.25) is 6.30 Å². The van der Waals surface area contributed by atoms with E-state index in [9.17, 15) is 4.39 Å². The van der Waals surface area contributed by atoms with Crippen molar-refractivity contribution < 1.29 is 4.39 Å². The predicted molar refractivity (Wildman–Crippen MR) is 50.4 cm³/mol. The SMILES string of the molecule is N#Cc1ccc(C(F)n2cncn2)cc1. The minimum absolute atomic E-state index is 0.444. The third-order valence-corrected chi connectivity index (χ3v) is 1.98. The molecule has 0 bridgehead atoms. The van der Waals surface area contributed by atoms with Crippen molar-refractivity contribution >= 4 is 0 Å². The average molecular weight is 202 g/mol. The molecule has 74 valence electrons. The lowest BCUT2D eigenvalue weighted by Crippen LogP contribution is -2.05. The summed E-state index contributed by atoms with van der Waals surface area (Å²) in [5.41, 5.74) is 0.948. The highest BCUT2D eigenvalue weighted by Crippen LogP contribution is 2.18. The standard InChI is InChI=1S/C10H7FN4/c11-10(15-7-13-6-14-15)9-3-1-8(5-12)2-4-9/h1-4,6-7,10H. The van der Waals surface area contributed by atoms with Crippen molar-refractivity contribution in [3.05, 3.63) is 48.0 Å². The Morgan fingerprint density at radius 1 is 1.33 bits per heavy atom. The number of hydrogen-bond acceptors (Lipinski definition) is 3. The average Bonchev–Trinajstić information content (AvgIpc) is 2.82. The molecule has 1 heterocycles. The maximum absolute atomic E-state index is 13.7. The zero-order chi connectivity index (χ0) is 10.7. The molecule has 0 saturated heterocycles. The first kappa shape index (κ1) is 9.34. The van der Waals surface area contributed by atoms with E-state index >= 15 is 0 Å². The third-order valence-electron chi connectivity index (χ3n) is 1.98. The maximum Gasteiger partial charge on any atom is 0.218 e. The molecule has 0 spiro atoms. The molecule has 0 aliphatic carbocycles. The fourth-order valence-corrected chi connectivity index (χ4v) is 1.20. The van der Waals surface area contributed by atoms with E-state index in [2.05, 4.69) is 10.1 Å². The minimum Gasteiger partial charge on any atom is -0.223 e. The van der Waals surface area contributed by atoms with Crippen LogP contribution < -0.4 is 0 Å². The van der Waals surface area contributed by atoms with Crippen molar-refractivity contribution in [2.45, 2.75) is 6.30 Å². The van der Waals surface area contributed by atoms with Crippen molar-refractivity contribution in [2.75, 3.05) is 0 Å². The summed E-state index contributed by atoms with van der Waals surface area (Å²) in [6, 6.07) is 8.23. The molecule has 1 aromatic heterocycles. The molecule has 2 aromatic rings. The Morgan fingerprint density at radius 2 is 2.07 bits per heavy atom. The van der Waals surface area contributed by atoms with Gasteiger partial charge in [-0.05, 0) is 12.1 Å². The van der Waals surface area contributed by atoms with Crippen LogP contribution in [0.5, 0.6) is 0 Å². The van der Waals surface area contributed by atoms with Crippen molar-refractivity contribution in [1.82, 2.24) is 14.8 Å². The van der Waals surface area contributed by atoms with Crippen molar-refractivity contribution in [3.8, 4) is 6.07 Å². The van der Waals surface area contributed by atoms with Gasteiger partial charge in [0.25, 0.3) is 0 Å². The molecule has 5 heteroatoms. The molecule has 4 nitrogen and oxygen atoms in total. The predicted octanol–water partition coefficient (Wildman–Crippen LogP) is 1.67. The van der Waals surface area contributed by atoms with E-state index in [1.54, 1.807) is 24.3 Å². The molecule has 0 radical (unpaired) electrons. The second kappa shape index (κ2) is 3.88. The Bertz CT molecular complexity index is 469. The second-order valence-electron chi connectivity index (χ2n) is 2.95. The molecular weight excluding hydrogens is 195 g/mol. The largest absolute Gasteiger partial charge is 0.223 e. The van der Waals surface area contributed by atoms with Crippen molar-refractivity contribution in [3.63, 3.8) is 0 Å². The maximum atomic E-state index is 13.7. The molecule has 0 fully saturated rings. The van der Waals surface area contributed by atoms with Gasteiger partial charge < -0.3 is 0 Å². The fraction of sp³-hybridized carbons (Fsp3) is 0.100. The van der Waals surface area contributed by atoms with E-state index in [1.807, 2.05) is 6.07 Å². The summed E-state index contributed by atoms with van der Waals surface area (Å²) in [4.78, 5) is 3.66. The molecule has 0 amide bonds. The number of aromatic nitrogens is 3. The molecule has 0 saturated carbocycles. The monoisotopic (exact) mass is 202 g/mol. The highest BCUT2D eigenvalue weighted by atomic mass is 19.1. The molecule has 1 aromatic carbocycles. The fourth-order valence-electron chi connectivity index (χ4n) is 1.20. The van der Waals surface area contributed by atoms with Crippen LogP contribution in [0.25, 0.3) is 0 Å². The summed E-state index contributed by atoms with van der Waals surface area (Å²) < 4.78 is 14.8. The van der Waals surface area contributed by atoms with Gasteiger partial charge >= 0.3 is 0 Å².